The highest BCUT2D eigenvalue weighted by molar-refractivity contribution is 5.94. The zero-order chi connectivity index (χ0) is 16.4. The molecule has 1 aromatic heterocycles. The number of hydrogen-bond donors (Lipinski definition) is 1. The van der Waals surface area contributed by atoms with Crippen molar-refractivity contribution in [3.63, 3.8) is 0 Å². The summed E-state index contributed by atoms with van der Waals surface area (Å²) in [5, 5.41) is 3.30. The molecule has 4 aliphatic rings. The van der Waals surface area contributed by atoms with Gasteiger partial charge < -0.3 is 9.88 Å². The van der Waals surface area contributed by atoms with Gasteiger partial charge in [0.15, 0.2) is 5.43 Å². The van der Waals surface area contributed by atoms with Crippen molar-refractivity contribution in [1.82, 2.24) is 9.88 Å². The van der Waals surface area contributed by atoms with E-state index in [-0.39, 0.29) is 16.9 Å². The van der Waals surface area contributed by atoms with Crippen LogP contribution in [-0.4, -0.2) is 16.0 Å². The predicted octanol–water partition coefficient (Wildman–Crippen LogP) is 2.70. The highest BCUT2D eigenvalue weighted by Gasteiger charge is 2.51. The van der Waals surface area contributed by atoms with Gasteiger partial charge >= 0.3 is 0 Å². The van der Waals surface area contributed by atoms with E-state index in [1.807, 2.05) is 18.5 Å². The molecule has 23 heavy (non-hydrogen) atoms. The standard InChI is InChI=1S/C19H26N2O2/c1-11-12(2)21(3)10-16(17(11)22)18(23)20-19-7-13-4-14(8-19)6-15(5-13)9-19/h10,13-15H,4-9H2,1-3H3,(H,20,23). The minimum atomic E-state index is -0.171. The Bertz CT molecular complexity index is 696. The lowest BCUT2D eigenvalue weighted by Crippen LogP contribution is -2.60. The van der Waals surface area contributed by atoms with E-state index in [0.717, 1.165) is 42.7 Å². The average Bonchev–Trinajstić information content (AvgIpc) is 2.46. The van der Waals surface area contributed by atoms with Crippen LogP contribution in [0.3, 0.4) is 0 Å². The highest BCUT2D eigenvalue weighted by atomic mass is 16.2. The highest BCUT2D eigenvalue weighted by Crippen LogP contribution is 2.55. The van der Waals surface area contributed by atoms with Crippen LogP contribution >= 0.6 is 0 Å². The van der Waals surface area contributed by atoms with Crippen LogP contribution in [0.15, 0.2) is 11.0 Å². The molecule has 4 nitrogen and oxygen atoms in total. The van der Waals surface area contributed by atoms with Gasteiger partial charge in [0.2, 0.25) is 0 Å². The van der Waals surface area contributed by atoms with Gasteiger partial charge in [-0.2, -0.15) is 0 Å². The van der Waals surface area contributed by atoms with E-state index in [9.17, 15) is 9.59 Å². The number of rotatable bonds is 2. The molecule has 4 fully saturated rings. The number of carbonyl (C=O) groups excluding carboxylic acids is 1. The summed E-state index contributed by atoms with van der Waals surface area (Å²) in [6, 6.07) is 0. The molecule has 124 valence electrons. The number of hydrogen-bond acceptors (Lipinski definition) is 2. The minimum Gasteiger partial charge on any atom is -0.353 e. The summed E-state index contributed by atoms with van der Waals surface area (Å²) in [5.41, 5.74) is 1.72. The molecule has 1 N–H and O–H groups in total. The summed E-state index contributed by atoms with van der Waals surface area (Å²) in [7, 11) is 1.89. The second-order valence-corrected chi connectivity index (χ2v) is 8.35. The summed E-state index contributed by atoms with van der Waals surface area (Å²) in [6.07, 6.45) is 9.06. The van der Waals surface area contributed by atoms with Crippen molar-refractivity contribution in [3.05, 3.63) is 33.2 Å². The van der Waals surface area contributed by atoms with Crippen molar-refractivity contribution in [1.29, 1.82) is 0 Å². The zero-order valence-corrected chi connectivity index (χ0v) is 14.3. The van der Waals surface area contributed by atoms with E-state index >= 15 is 0 Å². The molecule has 0 saturated heterocycles. The molecule has 0 radical (unpaired) electrons. The smallest absolute Gasteiger partial charge is 0.257 e. The van der Waals surface area contributed by atoms with Crippen molar-refractivity contribution in [2.24, 2.45) is 24.8 Å². The molecule has 0 aromatic carbocycles. The molecule has 0 unspecified atom stereocenters. The molecule has 0 atom stereocenters. The van der Waals surface area contributed by atoms with Crippen molar-refractivity contribution >= 4 is 5.91 Å². The van der Waals surface area contributed by atoms with Crippen LogP contribution in [0.5, 0.6) is 0 Å². The molecule has 1 aromatic rings. The monoisotopic (exact) mass is 314 g/mol. The van der Waals surface area contributed by atoms with Gasteiger partial charge in [-0.1, -0.05) is 0 Å². The molecular weight excluding hydrogens is 288 g/mol. The molecule has 4 aliphatic carbocycles. The fourth-order valence-corrected chi connectivity index (χ4v) is 5.71. The van der Waals surface area contributed by atoms with Crippen molar-refractivity contribution in [2.45, 2.75) is 57.9 Å². The van der Waals surface area contributed by atoms with E-state index in [1.165, 1.54) is 19.3 Å². The van der Waals surface area contributed by atoms with Gasteiger partial charge in [-0.05, 0) is 70.1 Å². The Kier molecular flexibility index (Phi) is 3.23. The van der Waals surface area contributed by atoms with Gasteiger partial charge in [-0.15, -0.1) is 0 Å². The topological polar surface area (TPSA) is 51.1 Å². The lowest BCUT2D eigenvalue weighted by Gasteiger charge is -2.56. The summed E-state index contributed by atoms with van der Waals surface area (Å²) in [5.74, 6) is 2.17. The Morgan fingerprint density at radius 2 is 1.65 bits per heavy atom. The number of amides is 1. The van der Waals surface area contributed by atoms with Gasteiger partial charge in [0, 0.05) is 30.0 Å². The van der Waals surface area contributed by atoms with E-state index in [0.29, 0.717) is 11.1 Å². The maximum atomic E-state index is 12.8. The molecule has 4 saturated carbocycles. The number of pyridine rings is 1. The van der Waals surface area contributed by atoms with Crippen LogP contribution in [0, 0.1) is 31.6 Å². The Morgan fingerprint density at radius 3 is 2.17 bits per heavy atom. The molecule has 4 bridgehead atoms. The van der Waals surface area contributed by atoms with E-state index in [2.05, 4.69) is 5.32 Å². The first-order chi connectivity index (χ1) is 10.9. The van der Waals surface area contributed by atoms with Gasteiger partial charge in [0.05, 0.1) is 0 Å². The Hall–Kier alpha value is -1.58. The molecule has 5 rings (SSSR count). The third-order valence-corrected chi connectivity index (χ3v) is 6.64. The molecule has 0 aliphatic heterocycles. The van der Waals surface area contributed by atoms with Gasteiger partial charge in [0.25, 0.3) is 5.91 Å². The molecule has 4 heteroatoms. The summed E-state index contributed by atoms with van der Waals surface area (Å²) in [4.78, 5) is 25.3. The Labute approximate surface area is 137 Å². The zero-order valence-electron chi connectivity index (χ0n) is 14.3. The summed E-state index contributed by atoms with van der Waals surface area (Å²) < 4.78 is 1.88. The average molecular weight is 314 g/mol. The maximum absolute atomic E-state index is 12.8. The van der Waals surface area contributed by atoms with E-state index in [4.69, 9.17) is 0 Å². The Morgan fingerprint density at radius 1 is 1.13 bits per heavy atom. The second kappa shape index (κ2) is 4.96. The third-order valence-electron chi connectivity index (χ3n) is 6.64. The van der Waals surface area contributed by atoms with Gasteiger partial charge in [0.1, 0.15) is 5.56 Å². The number of carbonyl (C=O) groups is 1. The largest absolute Gasteiger partial charge is 0.353 e. The van der Waals surface area contributed by atoms with Crippen molar-refractivity contribution < 1.29 is 4.79 Å². The normalized spacial score (nSPS) is 34.7. The van der Waals surface area contributed by atoms with Crippen LogP contribution in [0.25, 0.3) is 0 Å². The second-order valence-electron chi connectivity index (χ2n) is 8.35. The number of aromatic nitrogens is 1. The lowest BCUT2D eigenvalue weighted by molar-refractivity contribution is -0.0167. The number of nitrogens with zero attached hydrogens (tertiary/aromatic N) is 1. The fourth-order valence-electron chi connectivity index (χ4n) is 5.71. The van der Waals surface area contributed by atoms with Crippen LogP contribution in [-0.2, 0) is 7.05 Å². The number of aryl methyl sites for hydroxylation is 1. The van der Waals surface area contributed by atoms with E-state index in [1.54, 1.807) is 13.1 Å². The molecular formula is C19H26N2O2. The van der Waals surface area contributed by atoms with Crippen molar-refractivity contribution in [2.75, 3.05) is 0 Å². The SMILES string of the molecule is Cc1c(C)n(C)cc(C(=O)NC23CC4CC(CC(C4)C2)C3)c1=O. The Balaban J connectivity index is 1.63. The van der Waals surface area contributed by atoms with E-state index < -0.39 is 0 Å². The first-order valence-corrected chi connectivity index (χ1v) is 8.86. The summed E-state index contributed by atoms with van der Waals surface area (Å²) in [6.45, 7) is 3.72. The van der Waals surface area contributed by atoms with Gasteiger partial charge in [-0.3, -0.25) is 9.59 Å². The lowest BCUT2D eigenvalue weighted by atomic mass is 9.53. The summed E-state index contributed by atoms with van der Waals surface area (Å²) >= 11 is 0. The molecule has 1 amide bonds. The van der Waals surface area contributed by atoms with Crippen LogP contribution in [0.2, 0.25) is 0 Å². The molecule has 1 heterocycles. The van der Waals surface area contributed by atoms with Crippen molar-refractivity contribution in [3.8, 4) is 0 Å². The first kappa shape index (κ1) is 15.0. The predicted molar refractivity (Wildman–Crippen MR) is 89.5 cm³/mol. The van der Waals surface area contributed by atoms with Crippen LogP contribution in [0.4, 0.5) is 0 Å². The fraction of sp³-hybridized carbons (Fsp3) is 0.684. The maximum Gasteiger partial charge on any atom is 0.257 e. The number of nitrogens with one attached hydrogen (secondary N) is 1. The minimum absolute atomic E-state index is 0.0460. The van der Waals surface area contributed by atoms with Crippen LogP contribution in [0.1, 0.15) is 60.1 Å². The molecule has 0 spiro atoms. The van der Waals surface area contributed by atoms with Gasteiger partial charge in [-0.25, -0.2) is 0 Å². The first-order valence-electron chi connectivity index (χ1n) is 8.86. The quantitative estimate of drug-likeness (QED) is 0.912. The van der Waals surface area contributed by atoms with Crippen LogP contribution < -0.4 is 10.7 Å². The third kappa shape index (κ3) is 2.34.